The van der Waals surface area contributed by atoms with Gasteiger partial charge in [0.1, 0.15) is 11.5 Å². The highest BCUT2D eigenvalue weighted by molar-refractivity contribution is 7.25. The number of benzene rings is 9. The van der Waals surface area contributed by atoms with Crippen molar-refractivity contribution in [2.24, 2.45) is 0 Å². The minimum Gasteiger partial charge on any atom is -0.455 e. The molecule has 3 aliphatic rings. The molecule has 0 unspecified atom stereocenters. The number of fused-ring (bicyclic) bond motifs is 13. The second-order valence-corrected chi connectivity index (χ2v) is 26.3. The zero-order valence-corrected chi connectivity index (χ0v) is 45.9. The van der Waals surface area contributed by atoms with Gasteiger partial charge in [0.25, 0.3) is 0 Å². The molecule has 76 heavy (non-hydrogen) atoms. The van der Waals surface area contributed by atoms with E-state index in [0.717, 1.165) is 52.1 Å². The third-order valence-corrected chi connectivity index (χ3v) is 19.4. The summed E-state index contributed by atoms with van der Waals surface area (Å²) in [7, 11) is 0.765. The number of hydrogen-bond donors (Lipinski definition) is 1. The van der Waals surface area contributed by atoms with Crippen molar-refractivity contribution in [3.63, 3.8) is 0 Å². The molecule has 0 atom stereocenters. The van der Waals surface area contributed by atoms with Crippen molar-refractivity contribution in [1.82, 2.24) is 4.57 Å². The van der Waals surface area contributed by atoms with Crippen molar-refractivity contribution in [3.05, 3.63) is 198 Å². The summed E-state index contributed by atoms with van der Waals surface area (Å²) in [5, 5.41) is 11.5. The second kappa shape index (κ2) is 15.7. The fraction of sp³-hybridized carbons (Fsp3) is 0.211. The van der Waals surface area contributed by atoms with E-state index in [1.807, 2.05) is 11.3 Å². The van der Waals surface area contributed by atoms with Gasteiger partial charge in [-0.05, 0) is 134 Å². The number of nitrogens with one attached hydrogen (secondary N) is 1. The lowest BCUT2D eigenvalue weighted by molar-refractivity contribution is 0.331. The molecule has 370 valence electrons. The topological polar surface area (TPSA) is 30.1 Å². The van der Waals surface area contributed by atoms with Gasteiger partial charge in [-0.3, -0.25) is 0 Å². The molecule has 3 aromatic heterocycles. The van der Waals surface area contributed by atoms with Crippen LogP contribution in [0.5, 0.6) is 0 Å². The average molecular weight is 1000 g/mol. The highest BCUT2D eigenvalue weighted by atomic mass is 32.1. The lowest BCUT2D eigenvalue weighted by Crippen LogP contribution is -2.37. The van der Waals surface area contributed by atoms with Crippen LogP contribution in [0, 0.1) is 0 Å². The van der Waals surface area contributed by atoms with E-state index >= 15 is 0 Å². The van der Waals surface area contributed by atoms with Crippen LogP contribution in [0.25, 0.3) is 103 Å². The van der Waals surface area contributed by atoms with Crippen LogP contribution in [0.1, 0.15) is 103 Å². The summed E-state index contributed by atoms with van der Waals surface area (Å²) in [6, 6.07) is 64.4. The van der Waals surface area contributed by atoms with E-state index in [4.69, 9.17) is 4.42 Å². The SMILES string of the molecule is CC(C)(C)c1ccc(Nc2cc3c(cc2-c2ccc4c5cc6sc7ccccc7c6cc5n5c4c2Bc2cc4c(-c6ccccc6)oc(-c6ccccc6)c4cc2-5)-c2cc4c(cc2C3(C)C)C(C)(C)CCC4(C)C)cc1. The van der Waals surface area contributed by atoms with Crippen molar-refractivity contribution < 1.29 is 4.42 Å². The Kier molecular flexibility index (Phi) is 9.48. The van der Waals surface area contributed by atoms with Gasteiger partial charge in [0.2, 0.25) is 0 Å². The van der Waals surface area contributed by atoms with Crippen LogP contribution in [0.15, 0.2) is 174 Å². The van der Waals surface area contributed by atoms with Crippen molar-refractivity contribution in [3.8, 4) is 50.6 Å². The Morgan fingerprint density at radius 2 is 1.14 bits per heavy atom. The third kappa shape index (κ3) is 6.60. The van der Waals surface area contributed by atoms with Gasteiger partial charge in [0.05, 0.1) is 5.52 Å². The van der Waals surface area contributed by atoms with Crippen molar-refractivity contribution in [1.29, 1.82) is 0 Å². The molecule has 1 N–H and O–H groups in total. The van der Waals surface area contributed by atoms with Crippen LogP contribution < -0.4 is 16.2 Å². The predicted molar refractivity (Wildman–Crippen MR) is 327 cm³/mol. The number of rotatable bonds is 5. The summed E-state index contributed by atoms with van der Waals surface area (Å²) < 4.78 is 12.4. The van der Waals surface area contributed by atoms with E-state index in [1.54, 1.807) is 0 Å². The molecule has 4 heterocycles. The first-order valence-electron chi connectivity index (χ1n) is 27.4. The fourth-order valence-corrected chi connectivity index (χ4v) is 14.9. The molecule has 0 spiro atoms. The van der Waals surface area contributed by atoms with E-state index in [1.165, 1.54) is 122 Å². The zero-order valence-electron chi connectivity index (χ0n) is 45.1. The summed E-state index contributed by atoms with van der Waals surface area (Å²) in [5.41, 5.74) is 23.2. The molecule has 15 rings (SSSR count). The maximum atomic E-state index is 7.09. The van der Waals surface area contributed by atoms with E-state index in [9.17, 15) is 0 Å². The molecule has 5 heteroatoms. The monoisotopic (exact) mass is 1000 g/mol. The van der Waals surface area contributed by atoms with Crippen LogP contribution in [-0.2, 0) is 21.7 Å². The summed E-state index contributed by atoms with van der Waals surface area (Å²) in [5.74, 6) is 1.81. The Morgan fingerprint density at radius 1 is 0.513 bits per heavy atom. The van der Waals surface area contributed by atoms with E-state index in [0.29, 0.717) is 0 Å². The Labute approximate surface area is 450 Å². The Balaban J connectivity index is 1.03. The quantitative estimate of drug-likeness (QED) is 0.174. The molecule has 0 radical (unpaired) electrons. The molecule has 0 saturated heterocycles. The lowest BCUT2D eigenvalue weighted by atomic mass is 9.58. The number of hydrogen-bond acceptors (Lipinski definition) is 3. The van der Waals surface area contributed by atoms with Gasteiger partial charge in [-0.25, -0.2) is 0 Å². The summed E-state index contributed by atoms with van der Waals surface area (Å²) in [6.07, 6.45) is 2.38. The summed E-state index contributed by atoms with van der Waals surface area (Å²) in [4.78, 5) is 0. The first-order chi connectivity index (χ1) is 36.5. The standard InChI is InChI=1S/C71H61BN2OS/c1-68(2,3)42-24-26-43(27-25-42)73-59-39-55-47(48-33-56-57(38-54(48)71(55,8)9)70(6,7)31-30-69(56,4)5)32-49(59)45-28-29-46-50-37-63-51(44-22-16-17-23-62(44)76-63)35-60(50)74-61-36-53-52(34-58(61)72-64(45)65(46)74)66(40-18-12-10-13-19-40)75-67(53)41-20-14-11-15-21-41/h10-29,32-39,72-73H,30-31H2,1-9H3. The van der Waals surface area contributed by atoms with Gasteiger partial charge < -0.3 is 14.3 Å². The van der Waals surface area contributed by atoms with Crippen LogP contribution in [0.2, 0.25) is 0 Å². The molecule has 0 amide bonds. The minimum atomic E-state index is -0.200. The average Bonchev–Trinajstić information content (AvgIpc) is 4.15. The van der Waals surface area contributed by atoms with Gasteiger partial charge in [-0.1, -0.05) is 183 Å². The maximum Gasteiger partial charge on any atom is 0.198 e. The van der Waals surface area contributed by atoms with Crippen LogP contribution >= 0.6 is 11.3 Å². The third-order valence-electron chi connectivity index (χ3n) is 18.2. The van der Waals surface area contributed by atoms with Crippen molar-refractivity contribution >= 4 is 93.7 Å². The molecule has 12 aromatic rings. The van der Waals surface area contributed by atoms with E-state index in [-0.39, 0.29) is 21.7 Å². The predicted octanol–water partition coefficient (Wildman–Crippen LogP) is 18.3. The van der Waals surface area contributed by atoms with Gasteiger partial charge in [0, 0.05) is 86.4 Å². The number of anilines is 2. The van der Waals surface area contributed by atoms with Gasteiger partial charge in [0.15, 0.2) is 7.28 Å². The smallest absolute Gasteiger partial charge is 0.198 e. The molecule has 0 saturated carbocycles. The molecular formula is C71H61BN2OS. The number of thiophene rings is 1. The molecule has 3 nitrogen and oxygen atoms in total. The van der Waals surface area contributed by atoms with Crippen LogP contribution in [0.3, 0.4) is 0 Å². The normalized spacial score (nSPS) is 15.8. The molecule has 9 aromatic carbocycles. The Morgan fingerprint density at radius 3 is 1.84 bits per heavy atom. The molecular weight excluding hydrogens is 940 g/mol. The highest BCUT2D eigenvalue weighted by Crippen LogP contribution is 2.57. The van der Waals surface area contributed by atoms with Gasteiger partial charge in [-0.15, -0.1) is 11.3 Å². The minimum absolute atomic E-state index is 0.0530. The lowest BCUT2D eigenvalue weighted by Gasteiger charge is -2.42. The number of furan rings is 1. The maximum absolute atomic E-state index is 7.09. The van der Waals surface area contributed by atoms with Crippen LogP contribution in [-0.4, -0.2) is 11.8 Å². The summed E-state index contributed by atoms with van der Waals surface area (Å²) >= 11 is 1.90. The molecule has 1 aliphatic heterocycles. The first-order valence-corrected chi connectivity index (χ1v) is 28.2. The fourth-order valence-electron chi connectivity index (χ4n) is 13.8. The molecule has 0 bridgehead atoms. The van der Waals surface area contributed by atoms with Gasteiger partial charge in [-0.2, -0.15) is 0 Å². The van der Waals surface area contributed by atoms with Crippen LogP contribution in [0.4, 0.5) is 11.4 Å². The van der Waals surface area contributed by atoms with Crippen molar-refractivity contribution in [2.75, 3.05) is 5.32 Å². The van der Waals surface area contributed by atoms with Gasteiger partial charge >= 0.3 is 0 Å². The number of nitrogens with zero attached hydrogens (tertiary/aromatic N) is 1. The number of aromatic nitrogens is 1. The largest absolute Gasteiger partial charge is 0.455 e. The molecule has 2 aliphatic carbocycles. The zero-order chi connectivity index (χ0) is 51.8. The Hall–Kier alpha value is -7.60. The van der Waals surface area contributed by atoms with Crippen molar-refractivity contribution in [2.45, 2.75) is 96.8 Å². The second-order valence-electron chi connectivity index (χ2n) is 25.2. The van der Waals surface area contributed by atoms with E-state index < -0.39 is 0 Å². The van der Waals surface area contributed by atoms with E-state index in [2.05, 4.69) is 242 Å². The summed E-state index contributed by atoms with van der Waals surface area (Å²) in [6.45, 7) is 21.6. The Bertz CT molecular complexity index is 4440. The molecule has 0 fully saturated rings. The first kappa shape index (κ1) is 45.8. The highest BCUT2D eigenvalue weighted by Gasteiger charge is 2.43.